The van der Waals surface area contributed by atoms with Crippen molar-refractivity contribution in [2.75, 3.05) is 11.9 Å². The second-order valence-corrected chi connectivity index (χ2v) is 8.16. The first-order valence-corrected chi connectivity index (χ1v) is 10.4. The summed E-state index contributed by atoms with van der Waals surface area (Å²) in [5, 5.41) is 6.26. The van der Waals surface area contributed by atoms with Gasteiger partial charge in [0.15, 0.2) is 0 Å². The minimum Gasteiger partial charge on any atom is -0.320 e. The number of hydrogen-bond acceptors (Lipinski definition) is 4. The number of carbonyl (C=O) groups excluding carboxylic acids is 1. The highest BCUT2D eigenvalue weighted by Gasteiger charge is 2.31. The van der Waals surface area contributed by atoms with Crippen LogP contribution in [0.3, 0.4) is 0 Å². The molecule has 0 atom stereocenters. The Labute approximate surface area is 180 Å². The number of benzene rings is 2. The molecule has 0 bridgehead atoms. The van der Waals surface area contributed by atoms with E-state index in [-0.39, 0.29) is 23.5 Å². The van der Waals surface area contributed by atoms with Gasteiger partial charge in [0.1, 0.15) is 10.7 Å². The maximum atomic E-state index is 14.1. The van der Waals surface area contributed by atoms with Crippen molar-refractivity contribution in [2.45, 2.75) is 11.1 Å². The lowest BCUT2D eigenvalue weighted by Crippen LogP contribution is -2.25. The molecule has 12 heteroatoms. The Hall–Kier alpha value is -3.51. The summed E-state index contributed by atoms with van der Waals surface area (Å²) in [5.41, 5.74) is -1.39. The van der Waals surface area contributed by atoms with Crippen LogP contribution in [0.5, 0.6) is 0 Å². The molecule has 0 saturated carbocycles. The van der Waals surface area contributed by atoms with E-state index in [2.05, 4.69) is 21.7 Å². The van der Waals surface area contributed by atoms with Gasteiger partial charge in [-0.15, -0.1) is 6.58 Å². The molecule has 168 valence electrons. The zero-order valence-electron chi connectivity index (χ0n) is 16.2. The molecule has 3 rings (SSSR count). The van der Waals surface area contributed by atoms with E-state index in [1.807, 2.05) is 0 Å². The minimum absolute atomic E-state index is 0.138. The summed E-state index contributed by atoms with van der Waals surface area (Å²) in [6.07, 6.45) is -0.560. The van der Waals surface area contributed by atoms with Crippen LogP contribution in [-0.4, -0.2) is 30.7 Å². The molecular weight excluding hydrogens is 452 g/mol. The Morgan fingerprint density at radius 2 is 1.94 bits per heavy atom. The Morgan fingerprint density at radius 3 is 2.56 bits per heavy atom. The van der Waals surface area contributed by atoms with Crippen LogP contribution in [0.2, 0.25) is 0 Å². The molecule has 0 radical (unpaired) electrons. The monoisotopic (exact) mass is 468 g/mol. The van der Waals surface area contributed by atoms with Gasteiger partial charge in [-0.2, -0.15) is 18.3 Å². The number of nitrogens with zero attached hydrogens (tertiary/aromatic N) is 2. The van der Waals surface area contributed by atoms with Crippen molar-refractivity contribution in [3.05, 3.63) is 84.5 Å². The third-order valence-corrected chi connectivity index (χ3v) is 5.66. The van der Waals surface area contributed by atoms with Crippen molar-refractivity contribution < 1.29 is 30.8 Å². The number of halogens is 4. The number of anilines is 1. The van der Waals surface area contributed by atoms with Crippen LogP contribution in [-0.2, 0) is 16.2 Å². The number of sulfonamides is 1. The van der Waals surface area contributed by atoms with Crippen molar-refractivity contribution >= 4 is 21.6 Å². The number of aromatic nitrogens is 2. The first-order valence-electron chi connectivity index (χ1n) is 8.95. The third-order valence-electron chi connectivity index (χ3n) is 4.22. The standard InChI is InChI=1S/C20H16F4N4O3S/c1-2-8-26-32(30,31)18-11-13(4-6-15(18)21)19(29)27-16-12-14(20(22,23)24)5-7-17(16)28-10-3-9-25-28/h2-7,9-12,26H,1,8H2,(H,27,29). The molecule has 1 aromatic heterocycles. The van der Waals surface area contributed by atoms with Gasteiger partial charge in [-0.1, -0.05) is 6.08 Å². The third kappa shape index (κ3) is 5.03. The number of alkyl halides is 3. The Kier molecular flexibility index (Phi) is 6.46. The second-order valence-electron chi connectivity index (χ2n) is 6.42. The van der Waals surface area contributed by atoms with Crippen molar-refractivity contribution in [3.63, 3.8) is 0 Å². The van der Waals surface area contributed by atoms with Crippen LogP contribution >= 0.6 is 0 Å². The van der Waals surface area contributed by atoms with Crippen molar-refractivity contribution in [1.29, 1.82) is 0 Å². The summed E-state index contributed by atoms with van der Waals surface area (Å²) in [7, 11) is -4.29. The van der Waals surface area contributed by atoms with Crippen LogP contribution in [0.4, 0.5) is 23.2 Å². The molecule has 0 aliphatic carbocycles. The number of carbonyl (C=O) groups is 1. The van der Waals surface area contributed by atoms with E-state index in [0.717, 1.165) is 36.4 Å². The average Bonchev–Trinajstić information content (AvgIpc) is 3.26. The van der Waals surface area contributed by atoms with E-state index in [1.54, 1.807) is 0 Å². The van der Waals surface area contributed by atoms with Gasteiger partial charge in [0, 0.05) is 24.5 Å². The Bertz CT molecular complexity index is 1260. The summed E-state index contributed by atoms with van der Waals surface area (Å²) in [4.78, 5) is 11.9. The van der Waals surface area contributed by atoms with Gasteiger partial charge in [-0.25, -0.2) is 22.2 Å². The predicted molar refractivity (Wildman–Crippen MR) is 108 cm³/mol. The second kappa shape index (κ2) is 8.93. The predicted octanol–water partition coefficient (Wildman–Crippen LogP) is 3.75. The van der Waals surface area contributed by atoms with Gasteiger partial charge < -0.3 is 5.32 Å². The molecule has 0 aliphatic rings. The first kappa shape index (κ1) is 23.2. The highest BCUT2D eigenvalue weighted by atomic mass is 32.2. The molecule has 2 N–H and O–H groups in total. The minimum atomic E-state index is -4.67. The Balaban J connectivity index is 2.00. The SMILES string of the molecule is C=CCNS(=O)(=O)c1cc(C(=O)Nc2cc(C(F)(F)F)ccc2-n2cccn2)ccc1F. The lowest BCUT2D eigenvalue weighted by molar-refractivity contribution is -0.137. The van der Waals surface area contributed by atoms with Gasteiger partial charge in [0.2, 0.25) is 10.0 Å². The zero-order valence-corrected chi connectivity index (χ0v) is 17.0. The van der Waals surface area contributed by atoms with E-state index < -0.39 is 38.4 Å². The number of hydrogen-bond donors (Lipinski definition) is 2. The summed E-state index contributed by atoms with van der Waals surface area (Å²) in [6.45, 7) is 3.18. The molecule has 7 nitrogen and oxygen atoms in total. The molecule has 1 heterocycles. The van der Waals surface area contributed by atoms with Crippen LogP contribution in [0.15, 0.2) is 72.4 Å². The van der Waals surface area contributed by atoms with Gasteiger partial charge in [-0.3, -0.25) is 4.79 Å². The quantitative estimate of drug-likeness (QED) is 0.408. The van der Waals surface area contributed by atoms with E-state index in [9.17, 15) is 30.8 Å². The lowest BCUT2D eigenvalue weighted by atomic mass is 10.1. The summed E-state index contributed by atoms with van der Waals surface area (Å²) >= 11 is 0. The number of nitrogens with one attached hydrogen (secondary N) is 2. The van der Waals surface area contributed by atoms with Gasteiger partial charge in [0.05, 0.1) is 16.9 Å². The van der Waals surface area contributed by atoms with E-state index in [1.165, 1.54) is 29.2 Å². The van der Waals surface area contributed by atoms with Gasteiger partial charge in [-0.05, 0) is 42.5 Å². The fourth-order valence-corrected chi connectivity index (χ4v) is 3.81. The van der Waals surface area contributed by atoms with E-state index in [0.29, 0.717) is 0 Å². The van der Waals surface area contributed by atoms with Crippen LogP contribution in [0, 0.1) is 5.82 Å². The summed E-state index contributed by atoms with van der Waals surface area (Å²) in [6, 6.07) is 6.80. The van der Waals surface area contributed by atoms with Crippen molar-refractivity contribution in [1.82, 2.24) is 14.5 Å². The molecule has 3 aromatic rings. The maximum absolute atomic E-state index is 14.1. The van der Waals surface area contributed by atoms with Crippen LogP contribution < -0.4 is 10.0 Å². The fourth-order valence-electron chi connectivity index (χ4n) is 2.71. The average molecular weight is 468 g/mol. The zero-order chi connectivity index (χ0) is 23.5. The van der Waals surface area contributed by atoms with Crippen molar-refractivity contribution in [3.8, 4) is 5.69 Å². The molecule has 0 saturated heterocycles. The summed E-state index contributed by atoms with van der Waals surface area (Å²) in [5.74, 6) is -2.05. The van der Waals surface area contributed by atoms with Crippen molar-refractivity contribution in [2.24, 2.45) is 0 Å². The molecule has 0 aliphatic heterocycles. The molecule has 0 fully saturated rings. The molecule has 2 aromatic carbocycles. The highest BCUT2D eigenvalue weighted by Crippen LogP contribution is 2.33. The molecule has 32 heavy (non-hydrogen) atoms. The normalized spacial score (nSPS) is 11.9. The number of amides is 1. The molecule has 0 unspecified atom stereocenters. The Morgan fingerprint density at radius 1 is 1.19 bits per heavy atom. The maximum Gasteiger partial charge on any atom is 0.416 e. The highest BCUT2D eigenvalue weighted by molar-refractivity contribution is 7.89. The molecule has 1 amide bonds. The molecular formula is C20H16F4N4O3S. The number of rotatable bonds is 7. The molecule has 0 spiro atoms. The largest absolute Gasteiger partial charge is 0.416 e. The first-order chi connectivity index (χ1) is 15.0. The van der Waals surface area contributed by atoms with Crippen LogP contribution in [0.1, 0.15) is 15.9 Å². The lowest BCUT2D eigenvalue weighted by Gasteiger charge is -2.15. The van der Waals surface area contributed by atoms with Crippen LogP contribution in [0.25, 0.3) is 5.69 Å². The fraction of sp³-hybridized carbons (Fsp3) is 0.100. The summed E-state index contributed by atoms with van der Waals surface area (Å²) < 4.78 is 81.4. The van der Waals surface area contributed by atoms with E-state index >= 15 is 0 Å². The smallest absolute Gasteiger partial charge is 0.320 e. The topological polar surface area (TPSA) is 93.1 Å². The van der Waals surface area contributed by atoms with Gasteiger partial charge >= 0.3 is 6.18 Å². The van der Waals surface area contributed by atoms with Gasteiger partial charge in [0.25, 0.3) is 5.91 Å². The van der Waals surface area contributed by atoms with E-state index in [4.69, 9.17) is 0 Å².